The van der Waals surface area contributed by atoms with E-state index in [9.17, 15) is 0 Å². The van der Waals surface area contributed by atoms with Crippen molar-refractivity contribution in [2.45, 2.75) is 5.03 Å². The molecular weight excluding hydrogens is 128 g/mol. The van der Waals surface area contributed by atoms with Crippen LogP contribution in [-0.2, 0) is 0 Å². The molecule has 0 fully saturated rings. The number of aromatic nitrogens is 2. The first kappa shape index (κ1) is 5.05. The maximum Gasteiger partial charge on any atom is 0.101 e. The fourth-order valence-corrected chi connectivity index (χ4v) is 0.814. The zero-order valence-corrected chi connectivity index (χ0v) is 5.17. The van der Waals surface area contributed by atoms with Gasteiger partial charge in [-0.15, -0.1) is 11.7 Å². The molecule has 38 valence electrons. The van der Waals surface area contributed by atoms with Gasteiger partial charge in [-0.2, -0.15) is 5.10 Å². The third kappa shape index (κ3) is 1.14. The second-order valence-electron chi connectivity index (χ2n) is 1.01. The summed E-state index contributed by atoms with van der Waals surface area (Å²) in [6.45, 7) is 0. The Hall–Kier alpha value is -0.0900. The summed E-state index contributed by atoms with van der Waals surface area (Å²) in [4.78, 5) is 0. The molecule has 0 unspecified atom stereocenters. The molecule has 7 heavy (non-hydrogen) atoms. The zero-order valence-electron chi connectivity index (χ0n) is 3.46. The topological polar surface area (TPSA) is 28.7 Å². The lowest BCUT2D eigenvalue weighted by molar-refractivity contribution is 1.01. The molecule has 0 aromatic carbocycles. The zero-order chi connectivity index (χ0) is 5.11. The molecule has 2 nitrogen and oxygen atoms in total. The van der Waals surface area contributed by atoms with Gasteiger partial charge in [0.05, 0.1) is 0 Å². The predicted molar refractivity (Wildman–Crippen MR) is 33.4 cm³/mol. The average molecular weight is 132 g/mol. The van der Waals surface area contributed by atoms with Crippen LogP contribution in [0.5, 0.6) is 0 Å². The van der Waals surface area contributed by atoms with E-state index in [0.717, 1.165) is 5.03 Å². The molecule has 4 heteroatoms. The summed E-state index contributed by atoms with van der Waals surface area (Å²) < 4.78 is 0. The molecule has 1 N–H and O–H groups in total. The number of rotatable bonds is 1. The van der Waals surface area contributed by atoms with Crippen LogP contribution >= 0.6 is 22.5 Å². The molecule has 0 spiro atoms. The van der Waals surface area contributed by atoms with Gasteiger partial charge < -0.3 is 0 Å². The van der Waals surface area contributed by atoms with Crippen LogP contribution in [0.1, 0.15) is 0 Å². The van der Waals surface area contributed by atoms with E-state index in [1.807, 2.05) is 6.07 Å². The van der Waals surface area contributed by atoms with E-state index in [0.29, 0.717) is 0 Å². The third-order valence-electron chi connectivity index (χ3n) is 0.574. The molecule has 0 atom stereocenters. The number of nitrogens with zero attached hydrogens (tertiary/aromatic N) is 1. The monoisotopic (exact) mass is 132 g/mol. The number of aromatic amines is 1. The quantitative estimate of drug-likeness (QED) is 0.446. The Morgan fingerprint density at radius 3 is 3.00 bits per heavy atom. The van der Waals surface area contributed by atoms with Crippen LogP contribution < -0.4 is 0 Å². The van der Waals surface area contributed by atoms with Gasteiger partial charge in [0.15, 0.2) is 0 Å². The Labute approximate surface area is 50.5 Å². The van der Waals surface area contributed by atoms with Gasteiger partial charge in [0.2, 0.25) is 0 Å². The lowest BCUT2D eigenvalue weighted by Crippen LogP contribution is -1.62. The third-order valence-corrected chi connectivity index (χ3v) is 1.59. The van der Waals surface area contributed by atoms with E-state index in [2.05, 4.69) is 21.9 Å². The maximum absolute atomic E-state index is 3.92. The molecule has 1 aromatic rings. The molecule has 0 saturated heterocycles. The Kier molecular flexibility index (Phi) is 1.64. The van der Waals surface area contributed by atoms with Gasteiger partial charge in [0, 0.05) is 6.20 Å². The molecule has 1 aromatic heterocycles. The molecule has 0 bridgehead atoms. The van der Waals surface area contributed by atoms with Gasteiger partial charge in [0.25, 0.3) is 0 Å². The van der Waals surface area contributed by atoms with E-state index in [-0.39, 0.29) is 0 Å². The van der Waals surface area contributed by atoms with E-state index < -0.39 is 0 Å². The Morgan fingerprint density at radius 1 is 1.86 bits per heavy atom. The van der Waals surface area contributed by atoms with Gasteiger partial charge in [0.1, 0.15) is 5.03 Å². The highest BCUT2D eigenvalue weighted by atomic mass is 33.1. The summed E-state index contributed by atoms with van der Waals surface area (Å²) >= 11 is 3.92. The van der Waals surface area contributed by atoms with Crippen molar-refractivity contribution >= 4 is 22.5 Å². The second-order valence-corrected chi connectivity index (χ2v) is 2.18. The van der Waals surface area contributed by atoms with Crippen molar-refractivity contribution in [3.05, 3.63) is 12.3 Å². The molecule has 0 aliphatic heterocycles. The number of thiol groups is 1. The van der Waals surface area contributed by atoms with Crippen LogP contribution in [-0.4, -0.2) is 10.2 Å². The predicted octanol–water partition coefficient (Wildman–Crippen LogP) is 1.35. The minimum atomic E-state index is 0.975. The molecule has 0 aliphatic rings. The molecular formula is C3H4N2S2. The van der Waals surface area contributed by atoms with Crippen LogP contribution in [0.4, 0.5) is 0 Å². The smallest absolute Gasteiger partial charge is 0.101 e. The fourth-order valence-electron chi connectivity index (χ4n) is 0.294. The lowest BCUT2D eigenvalue weighted by Gasteiger charge is -1.77. The summed E-state index contributed by atoms with van der Waals surface area (Å²) in [7, 11) is 1.35. The van der Waals surface area contributed by atoms with Gasteiger partial charge >= 0.3 is 0 Å². The highest BCUT2D eigenvalue weighted by Gasteiger charge is 1.84. The number of hydrogen-bond acceptors (Lipinski definition) is 3. The summed E-state index contributed by atoms with van der Waals surface area (Å²) in [5, 5.41) is 7.40. The van der Waals surface area contributed by atoms with E-state index in [4.69, 9.17) is 0 Å². The first-order valence-corrected chi connectivity index (χ1v) is 3.61. The van der Waals surface area contributed by atoms with Crippen LogP contribution in [0.25, 0.3) is 0 Å². The summed E-state index contributed by atoms with van der Waals surface area (Å²) in [6, 6.07) is 1.86. The number of hydrogen-bond donors (Lipinski definition) is 2. The van der Waals surface area contributed by atoms with Crippen molar-refractivity contribution in [3.63, 3.8) is 0 Å². The fraction of sp³-hybridized carbons (Fsp3) is 0. The van der Waals surface area contributed by atoms with Crippen LogP contribution in [0.2, 0.25) is 0 Å². The van der Waals surface area contributed by atoms with Crippen molar-refractivity contribution in [3.8, 4) is 0 Å². The van der Waals surface area contributed by atoms with Gasteiger partial charge in [-0.25, -0.2) is 0 Å². The van der Waals surface area contributed by atoms with Crippen molar-refractivity contribution < 1.29 is 0 Å². The van der Waals surface area contributed by atoms with E-state index in [1.165, 1.54) is 10.8 Å². The maximum atomic E-state index is 3.92. The molecule has 1 rings (SSSR count). The van der Waals surface area contributed by atoms with Gasteiger partial charge in [-0.05, 0) is 16.9 Å². The van der Waals surface area contributed by atoms with Gasteiger partial charge in [-0.1, -0.05) is 0 Å². The highest BCUT2D eigenvalue weighted by Crippen LogP contribution is 2.16. The molecule has 1 heterocycles. The van der Waals surface area contributed by atoms with Crippen LogP contribution in [0, 0.1) is 0 Å². The Balaban J connectivity index is 2.76. The van der Waals surface area contributed by atoms with E-state index in [1.54, 1.807) is 6.20 Å². The average Bonchev–Trinajstić information content (AvgIpc) is 2.14. The summed E-state index contributed by atoms with van der Waals surface area (Å²) in [6.07, 6.45) is 1.69. The highest BCUT2D eigenvalue weighted by molar-refractivity contribution is 8.68. The van der Waals surface area contributed by atoms with E-state index >= 15 is 0 Å². The van der Waals surface area contributed by atoms with Crippen LogP contribution in [0.15, 0.2) is 17.3 Å². The van der Waals surface area contributed by atoms with Crippen molar-refractivity contribution in [2.75, 3.05) is 0 Å². The standard InChI is InChI=1S/C3H4N2S2/c6-7-3-1-2-4-5-3/h1-2,6H,(H,4,5). The second kappa shape index (κ2) is 2.28. The summed E-state index contributed by atoms with van der Waals surface area (Å²) in [5.41, 5.74) is 0. The number of H-pyrrole nitrogens is 1. The van der Waals surface area contributed by atoms with Crippen molar-refractivity contribution in [1.82, 2.24) is 10.2 Å². The first-order valence-electron chi connectivity index (χ1n) is 1.74. The normalized spacial score (nSPS) is 9.29. The van der Waals surface area contributed by atoms with Crippen molar-refractivity contribution in [2.24, 2.45) is 0 Å². The molecule has 0 saturated carbocycles. The lowest BCUT2D eigenvalue weighted by atomic mass is 10.8. The van der Waals surface area contributed by atoms with Gasteiger partial charge in [-0.3, -0.25) is 5.10 Å². The molecule has 0 amide bonds. The van der Waals surface area contributed by atoms with Crippen LogP contribution in [0.3, 0.4) is 0 Å². The minimum absolute atomic E-state index is 0.975. The molecule has 0 radical (unpaired) electrons. The number of nitrogens with one attached hydrogen (secondary N) is 1. The SMILES string of the molecule is SSc1ccn[nH]1. The summed E-state index contributed by atoms with van der Waals surface area (Å²) in [5.74, 6) is 0. The first-order chi connectivity index (χ1) is 3.43. The Bertz CT molecular complexity index is 125. The molecule has 0 aliphatic carbocycles. The minimum Gasteiger partial charge on any atom is -0.271 e. The largest absolute Gasteiger partial charge is 0.271 e. The van der Waals surface area contributed by atoms with Crippen molar-refractivity contribution in [1.29, 1.82) is 0 Å². The Morgan fingerprint density at radius 2 is 2.71 bits per heavy atom.